The van der Waals surface area contributed by atoms with Gasteiger partial charge in [-0.05, 0) is 12.8 Å². The van der Waals surface area contributed by atoms with Crippen LogP contribution in [0.2, 0.25) is 0 Å². The zero-order valence-electron chi connectivity index (χ0n) is 9.60. The Labute approximate surface area is 90.5 Å². The highest BCUT2D eigenvalue weighted by Gasteiger charge is 2.21. The first-order valence-corrected chi connectivity index (χ1v) is 5.42. The van der Waals surface area contributed by atoms with Crippen molar-refractivity contribution < 1.29 is 4.79 Å². The number of aromatic nitrogens is 2. The second-order valence-corrected chi connectivity index (χ2v) is 3.86. The number of ketones is 1. The summed E-state index contributed by atoms with van der Waals surface area (Å²) < 4.78 is 1.73. The molecule has 0 saturated heterocycles. The van der Waals surface area contributed by atoms with E-state index in [0.29, 0.717) is 5.56 Å². The Morgan fingerprint density at radius 2 is 2.27 bits per heavy atom. The van der Waals surface area contributed by atoms with Gasteiger partial charge in [-0.1, -0.05) is 20.3 Å². The summed E-state index contributed by atoms with van der Waals surface area (Å²) in [4.78, 5) is 11.9. The van der Waals surface area contributed by atoms with E-state index in [2.05, 4.69) is 5.10 Å². The van der Waals surface area contributed by atoms with E-state index in [0.717, 1.165) is 13.0 Å². The van der Waals surface area contributed by atoms with Gasteiger partial charge < -0.3 is 5.73 Å². The predicted octanol–water partition coefficient (Wildman–Crippen LogP) is 1.46. The summed E-state index contributed by atoms with van der Waals surface area (Å²) in [5, 5.41) is 4.06. The van der Waals surface area contributed by atoms with Crippen molar-refractivity contribution in [2.24, 2.45) is 11.7 Å². The van der Waals surface area contributed by atoms with Crippen LogP contribution in [0, 0.1) is 5.92 Å². The first-order valence-electron chi connectivity index (χ1n) is 5.42. The van der Waals surface area contributed by atoms with Gasteiger partial charge in [0.1, 0.15) is 0 Å². The van der Waals surface area contributed by atoms with Crippen LogP contribution in [0.15, 0.2) is 12.4 Å². The van der Waals surface area contributed by atoms with E-state index in [1.54, 1.807) is 17.1 Å². The van der Waals surface area contributed by atoms with E-state index in [1.165, 1.54) is 0 Å². The third kappa shape index (κ3) is 2.65. The monoisotopic (exact) mass is 209 g/mol. The fraction of sp³-hybridized carbons (Fsp3) is 0.636. The van der Waals surface area contributed by atoms with Crippen LogP contribution >= 0.6 is 0 Å². The fourth-order valence-corrected chi connectivity index (χ4v) is 1.37. The number of rotatable bonds is 5. The lowest BCUT2D eigenvalue weighted by Crippen LogP contribution is -2.36. The third-order valence-electron chi connectivity index (χ3n) is 2.80. The maximum absolute atomic E-state index is 11.9. The van der Waals surface area contributed by atoms with Gasteiger partial charge in [-0.2, -0.15) is 5.10 Å². The van der Waals surface area contributed by atoms with E-state index < -0.39 is 6.04 Å². The average molecular weight is 209 g/mol. The molecule has 0 spiro atoms. The Morgan fingerprint density at radius 1 is 1.60 bits per heavy atom. The van der Waals surface area contributed by atoms with Crippen molar-refractivity contribution in [1.29, 1.82) is 0 Å². The van der Waals surface area contributed by atoms with E-state index in [9.17, 15) is 4.79 Å². The zero-order chi connectivity index (χ0) is 11.4. The van der Waals surface area contributed by atoms with Gasteiger partial charge in [0.25, 0.3) is 0 Å². The Kier molecular flexibility index (Phi) is 4.03. The Balaban J connectivity index is 2.75. The molecule has 1 aromatic rings. The third-order valence-corrected chi connectivity index (χ3v) is 2.80. The van der Waals surface area contributed by atoms with Crippen molar-refractivity contribution in [1.82, 2.24) is 9.78 Å². The molecule has 0 saturated carbocycles. The van der Waals surface area contributed by atoms with Crippen LogP contribution in [0.5, 0.6) is 0 Å². The molecule has 1 aromatic heterocycles. The van der Waals surface area contributed by atoms with Crippen molar-refractivity contribution in [2.75, 3.05) is 0 Å². The van der Waals surface area contributed by atoms with Gasteiger partial charge >= 0.3 is 0 Å². The lowest BCUT2D eigenvalue weighted by molar-refractivity contribution is 0.0935. The minimum absolute atomic E-state index is 0.0101. The van der Waals surface area contributed by atoms with Crippen molar-refractivity contribution in [3.8, 4) is 0 Å². The molecule has 4 heteroatoms. The molecule has 84 valence electrons. The van der Waals surface area contributed by atoms with Crippen LogP contribution in [0.3, 0.4) is 0 Å². The SMILES string of the molecule is CCC(C)C(N)C(=O)c1cnn(CC)c1. The fourth-order valence-electron chi connectivity index (χ4n) is 1.37. The quantitative estimate of drug-likeness (QED) is 0.747. The molecule has 2 atom stereocenters. The number of aryl methyl sites for hydroxylation is 1. The molecule has 1 rings (SSSR count). The standard InChI is InChI=1S/C11H19N3O/c1-4-8(3)10(12)11(15)9-6-13-14(5-2)7-9/h6-8,10H,4-5,12H2,1-3H3. The average Bonchev–Trinajstić information content (AvgIpc) is 2.74. The molecule has 2 N–H and O–H groups in total. The summed E-state index contributed by atoms with van der Waals surface area (Å²) in [5.41, 5.74) is 6.48. The number of nitrogens with zero attached hydrogens (tertiary/aromatic N) is 2. The number of hydrogen-bond acceptors (Lipinski definition) is 3. The van der Waals surface area contributed by atoms with Crippen molar-refractivity contribution in [2.45, 2.75) is 39.8 Å². The second kappa shape index (κ2) is 5.07. The minimum atomic E-state index is -0.412. The van der Waals surface area contributed by atoms with Crippen LogP contribution < -0.4 is 5.73 Å². The molecule has 0 aromatic carbocycles. The number of carbonyl (C=O) groups excluding carboxylic acids is 1. The minimum Gasteiger partial charge on any atom is -0.321 e. The number of Topliss-reactive ketones (excluding diaryl/α,β-unsaturated/α-hetero) is 1. The molecule has 0 aliphatic carbocycles. The van der Waals surface area contributed by atoms with Crippen molar-refractivity contribution in [3.63, 3.8) is 0 Å². The highest BCUT2D eigenvalue weighted by molar-refractivity contribution is 5.99. The summed E-state index contributed by atoms with van der Waals surface area (Å²) in [7, 11) is 0. The molecular formula is C11H19N3O. The van der Waals surface area contributed by atoms with E-state index in [1.807, 2.05) is 20.8 Å². The van der Waals surface area contributed by atoms with Crippen LogP contribution in [0.4, 0.5) is 0 Å². The molecule has 15 heavy (non-hydrogen) atoms. The van der Waals surface area contributed by atoms with Gasteiger partial charge in [0.2, 0.25) is 0 Å². The molecule has 2 unspecified atom stereocenters. The molecule has 0 aliphatic heterocycles. The molecule has 1 heterocycles. The number of carbonyl (C=O) groups is 1. The van der Waals surface area contributed by atoms with Crippen LogP contribution in [-0.2, 0) is 6.54 Å². The molecule has 4 nitrogen and oxygen atoms in total. The van der Waals surface area contributed by atoms with Crippen LogP contribution in [-0.4, -0.2) is 21.6 Å². The predicted molar refractivity (Wildman–Crippen MR) is 59.7 cm³/mol. The topological polar surface area (TPSA) is 60.9 Å². The van der Waals surface area contributed by atoms with Gasteiger partial charge in [-0.25, -0.2) is 0 Å². The number of nitrogens with two attached hydrogens (primary N) is 1. The highest BCUT2D eigenvalue weighted by atomic mass is 16.1. The van der Waals surface area contributed by atoms with E-state index in [4.69, 9.17) is 5.73 Å². The number of hydrogen-bond donors (Lipinski definition) is 1. The van der Waals surface area contributed by atoms with Gasteiger partial charge in [0.05, 0.1) is 17.8 Å². The summed E-state index contributed by atoms with van der Waals surface area (Å²) in [6, 6.07) is -0.412. The van der Waals surface area contributed by atoms with Crippen LogP contribution in [0.25, 0.3) is 0 Å². The van der Waals surface area contributed by atoms with E-state index in [-0.39, 0.29) is 11.7 Å². The Hall–Kier alpha value is -1.16. The van der Waals surface area contributed by atoms with Crippen molar-refractivity contribution in [3.05, 3.63) is 18.0 Å². The molecule has 0 amide bonds. The lowest BCUT2D eigenvalue weighted by atomic mass is 9.94. The molecule has 0 radical (unpaired) electrons. The van der Waals surface area contributed by atoms with Gasteiger partial charge in [-0.3, -0.25) is 9.48 Å². The molecular weight excluding hydrogens is 190 g/mol. The highest BCUT2D eigenvalue weighted by Crippen LogP contribution is 2.11. The summed E-state index contributed by atoms with van der Waals surface area (Å²) in [5.74, 6) is 0.200. The molecule has 0 fully saturated rings. The Bertz CT molecular complexity index is 332. The summed E-state index contributed by atoms with van der Waals surface area (Å²) >= 11 is 0. The smallest absolute Gasteiger partial charge is 0.182 e. The molecule has 0 aliphatic rings. The Morgan fingerprint density at radius 3 is 2.73 bits per heavy atom. The maximum atomic E-state index is 11.9. The largest absolute Gasteiger partial charge is 0.321 e. The van der Waals surface area contributed by atoms with Gasteiger partial charge in [-0.15, -0.1) is 0 Å². The van der Waals surface area contributed by atoms with Gasteiger partial charge in [0.15, 0.2) is 5.78 Å². The normalized spacial score (nSPS) is 14.9. The first kappa shape index (κ1) is 11.9. The van der Waals surface area contributed by atoms with E-state index >= 15 is 0 Å². The second-order valence-electron chi connectivity index (χ2n) is 3.86. The van der Waals surface area contributed by atoms with Gasteiger partial charge in [0, 0.05) is 12.7 Å². The lowest BCUT2D eigenvalue weighted by Gasteiger charge is -2.15. The summed E-state index contributed by atoms with van der Waals surface area (Å²) in [6.45, 7) is 6.78. The molecule has 0 bridgehead atoms. The van der Waals surface area contributed by atoms with Crippen LogP contribution in [0.1, 0.15) is 37.6 Å². The maximum Gasteiger partial charge on any atom is 0.182 e. The first-order chi connectivity index (χ1) is 7.10. The van der Waals surface area contributed by atoms with Crippen molar-refractivity contribution >= 4 is 5.78 Å². The summed E-state index contributed by atoms with van der Waals surface area (Å²) in [6.07, 6.45) is 4.26. The zero-order valence-corrected chi connectivity index (χ0v) is 9.60.